The average molecular weight is 323 g/mol. The Bertz CT molecular complexity index is 537. The number of carbonyl (C=O) groups is 2. The third kappa shape index (κ3) is 4.74. The van der Waals surface area contributed by atoms with E-state index in [-0.39, 0.29) is 17.3 Å². The molecule has 0 radical (unpaired) electrons. The van der Waals surface area contributed by atoms with E-state index < -0.39 is 5.97 Å². The molecular formula is C16H21NO4S. The van der Waals surface area contributed by atoms with Crippen molar-refractivity contribution in [3.63, 3.8) is 0 Å². The largest absolute Gasteiger partial charge is 0.481 e. The summed E-state index contributed by atoms with van der Waals surface area (Å²) in [6.07, 6.45) is 3.35. The van der Waals surface area contributed by atoms with Gasteiger partial charge in [0, 0.05) is 18.6 Å². The third-order valence-electron chi connectivity index (χ3n) is 3.89. The van der Waals surface area contributed by atoms with Gasteiger partial charge in [-0.2, -0.15) is 0 Å². The molecule has 1 fully saturated rings. The van der Waals surface area contributed by atoms with Crippen molar-refractivity contribution in [2.75, 3.05) is 18.2 Å². The van der Waals surface area contributed by atoms with Crippen molar-refractivity contribution in [3.8, 4) is 0 Å². The SMILES string of the molecule is COC1(CC(=O)Nc2cccc(CSCC(=O)O)c2)CCC1. The maximum Gasteiger partial charge on any atom is 0.313 e. The number of ether oxygens (including phenoxy) is 1. The molecule has 1 aliphatic rings. The molecule has 0 unspecified atom stereocenters. The normalized spacial score (nSPS) is 15.9. The summed E-state index contributed by atoms with van der Waals surface area (Å²) in [5, 5.41) is 11.5. The van der Waals surface area contributed by atoms with E-state index in [1.54, 1.807) is 7.11 Å². The minimum Gasteiger partial charge on any atom is -0.481 e. The molecule has 1 saturated carbocycles. The van der Waals surface area contributed by atoms with Crippen LogP contribution in [-0.4, -0.2) is 35.4 Å². The van der Waals surface area contributed by atoms with Crippen LogP contribution >= 0.6 is 11.8 Å². The zero-order valence-corrected chi connectivity index (χ0v) is 13.4. The van der Waals surface area contributed by atoms with Crippen LogP contribution in [0.1, 0.15) is 31.2 Å². The van der Waals surface area contributed by atoms with Crippen LogP contribution in [0.3, 0.4) is 0 Å². The number of benzene rings is 1. The van der Waals surface area contributed by atoms with Crippen molar-refractivity contribution in [2.24, 2.45) is 0 Å². The second kappa shape index (κ2) is 7.65. The van der Waals surface area contributed by atoms with Crippen LogP contribution in [0.4, 0.5) is 5.69 Å². The van der Waals surface area contributed by atoms with Crippen molar-refractivity contribution >= 4 is 29.3 Å². The summed E-state index contributed by atoms with van der Waals surface area (Å²) in [7, 11) is 1.66. The number of carbonyl (C=O) groups excluding carboxylic acids is 1. The lowest BCUT2D eigenvalue weighted by Crippen LogP contribution is -2.42. The molecule has 22 heavy (non-hydrogen) atoms. The fraction of sp³-hybridized carbons (Fsp3) is 0.500. The highest BCUT2D eigenvalue weighted by Crippen LogP contribution is 2.38. The van der Waals surface area contributed by atoms with Crippen molar-refractivity contribution in [1.82, 2.24) is 0 Å². The first-order valence-corrected chi connectivity index (χ1v) is 8.42. The van der Waals surface area contributed by atoms with Crippen molar-refractivity contribution < 1.29 is 19.4 Å². The number of anilines is 1. The van der Waals surface area contributed by atoms with Gasteiger partial charge in [-0.25, -0.2) is 0 Å². The zero-order chi connectivity index (χ0) is 16.0. The monoisotopic (exact) mass is 323 g/mol. The number of methoxy groups -OCH3 is 1. The van der Waals surface area contributed by atoms with E-state index in [0.717, 1.165) is 30.5 Å². The van der Waals surface area contributed by atoms with E-state index >= 15 is 0 Å². The lowest BCUT2D eigenvalue weighted by Gasteiger charge is -2.39. The molecule has 0 aromatic heterocycles. The summed E-state index contributed by atoms with van der Waals surface area (Å²) in [6, 6.07) is 7.51. The van der Waals surface area contributed by atoms with Crippen molar-refractivity contribution in [3.05, 3.63) is 29.8 Å². The summed E-state index contributed by atoms with van der Waals surface area (Å²) >= 11 is 1.34. The summed E-state index contributed by atoms with van der Waals surface area (Å²) in [6.45, 7) is 0. The molecule has 0 atom stereocenters. The predicted molar refractivity (Wildman–Crippen MR) is 87.1 cm³/mol. The molecular weight excluding hydrogens is 302 g/mol. The van der Waals surface area contributed by atoms with Crippen LogP contribution in [0.15, 0.2) is 24.3 Å². The van der Waals surface area contributed by atoms with Crippen LogP contribution in [0.25, 0.3) is 0 Å². The van der Waals surface area contributed by atoms with E-state index in [0.29, 0.717) is 12.2 Å². The minimum atomic E-state index is -0.820. The van der Waals surface area contributed by atoms with Gasteiger partial charge < -0.3 is 15.2 Å². The number of rotatable bonds is 8. The Morgan fingerprint density at radius 2 is 2.18 bits per heavy atom. The summed E-state index contributed by atoms with van der Waals surface area (Å²) < 4.78 is 5.46. The summed E-state index contributed by atoms with van der Waals surface area (Å²) in [4.78, 5) is 22.6. The first-order chi connectivity index (χ1) is 10.5. The Kier molecular flexibility index (Phi) is 5.85. The number of hydrogen-bond acceptors (Lipinski definition) is 4. The highest BCUT2D eigenvalue weighted by Gasteiger charge is 2.38. The molecule has 0 saturated heterocycles. The Balaban J connectivity index is 1.86. The molecule has 6 heteroatoms. The third-order valence-corrected chi connectivity index (χ3v) is 4.87. The summed E-state index contributed by atoms with van der Waals surface area (Å²) in [5.74, 6) is -0.179. The average Bonchev–Trinajstić information content (AvgIpc) is 2.43. The second-order valence-electron chi connectivity index (χ2n) is 5.55. The van der Waals surface area contributed by atoms with Crippen molar-refractivity contribution in [1.29, 1.82) is 0 Å². The van der Waals surface area contributed by atoms with Gasteiger partial charge in [0.2, 0.25) is 5.91 Å². The Labute approximate surface area is 134 Å². The van der Waals surface area contributed by atoms with Crippen LogP contribution < -0.4 is 5.32 Å². The highest BCUT2D eigenvalue weighted by molar-refractivity contribution is 7.99. The molecule has 1 amide bonds. The van der Waals surface area contributed by atoms with Crippen LogP contribution in [0, 0.1) is 0 Å². The zero-order valence-electron chi connectivity index (χ0n) is 12.6. The van der Waals surface area contributed by atoms with E-state index in [4.69, 9.17) is 9.84 Å². The first kappa shape index (κ1) is 16.8. The van der Waals surface area contributed by atoms with Gasteiger partial charge in [-0.05, 0) is 37.0 Å². The van der Waals surface area contributed by atoms with Crippen LogP contribution in [0.2, 0.25) is 0 Å². The molecule has 1 aromatic carbocycles. The lowest BCUT2D eigenvalue weighted by molar-refractivity contribution is -0.134. The topological polar surface area (TPSA) is 75.6 Å². The number of carboxylic acids is 1. The Morgan fingerprint density at radius 3 is 2.77 bits per heavy atom. The molecule has 0 aliphatic heterocycles. The second-order valence-corrected chi connectivity index (χ2v) is 6.54. The molecule has 0 spiro atoms. The molecule has 0 bridgehead atoms. The standard InChI is InChI=1S/C16H21NO4S/c1-21-16(6-3-7-16)9-14(18)17-13-5-2-4-12(8-13)10-22-11-15(19)20/h2,4-5,8H,3,6-7,9-11H2,1H3,(H,17,18)(H,19,20). The molecule has 0 heterocycles. The van der Waals surface area contributed by atoms with Crippen LogP contribution in [-0.2, 0) is 20.1 Å². The number of aliphatic carboxylic acids is 1. The van der Waals surface area contributed by atoms with Gasteiger partial charge in [0.15, 0.2) is 0 Å². The van der Waals surface area contributed by atoms with Gasteiger partial charge in [-0.3, -0.25) is 9.59 Å². The highest BCUT2D eigenvalue weighted by atomic mass is 32.2. The quantitative estimate of drug-likeness (QED) is 0.769. The maximum atomic E-state index is 12.1. The Morgan fingerprint density at radius 1 is 1.41 bits per heavy atom. The van der Waals surface area contributed by atoms with Gasteiger partial charge in [0.25, 0.3) is 0 Å². The minimum absolute atomic E-state index is 0.0445. The van der Waals surface area contributed by atoms with Gasteiger partial charge in [0.05, 0.1) is 17.8 Å². The fourth-order valence-corrected chi connectivity index (χ4v) is 3.21. The van der Waals surface area contributed by atoms with Crippen molar-refractivity contribution in [2.45, 2.75) is 37.0 Å². The maximum absolute atomic E-state index is 12.1. The van der Waals surface area contributed by atoms with Gasteiger partial charge in [-0.15, -0.1) is 11.8 Å². The van der Waals surface area contributed by atoms with E-state index in [2.05, 4.69) is 5.32 Å². The van der Waals surface area contributed by atoms with Gasteiger partial charge in [-0.1, -0.05) is 12.1 Å². The lowest BCUT2D eigenvalue weighted by atomic mass is 9.77. The number of thioether (sulfide) groups is 1. The van der Waals surface area contributed by atoms with Crippen LogP contribution in [0.5, 0.6) is 0 Å². The number of carboxylic acid groups (broad SMARTS) is 1. The molecule has 1 aliphatic carbocycles. The smallest absolute Gasteiger partial charge is 0.313 e. The molecule has 5 nitrogen and oxygen atoms in total. The van der Waals surface area contributed by atoms with Gasteiger partial charge in [0.1, 0.15) is 0 Å². The summed E-state index contributed by atoms with van der Waals surface area (Å²) in [5.41, 5.74) is 1.46. The molecule has 2 rings (SSSR count). The van der Waals surface area contributed by atoms with E-state index in [9.17, 15) is 9.59 Å². The number of hydrogen-bond donors (Lipinski definition) is 2. The first-order valence-electron chi connectivity index (χ1n) is 7.26. The fourth-order valence-electron chi connectivity index (χ4n) is 2.52. The predicted octanol–water partition coefficient (Wildman–Crippen LogP) is 2.90. The van der Waals surface area contributed by atoms with E-state index in [1.807, 2.05) is 24.3 Å². The number of nitrogens with one attached hydrogen (secondary N) is 1. The number of amides is 1. The molecule has 120 valence electrons. The van der Waals surface area contributed by atoms with E-state index in [1.165, 1.54) is 11.8 Å². The molecule has 1 aromatic rings. The van der Waals surface area contributed by atoms with Gasteiger partial charge >= 0.3 is 5.97 Å². The Hall–Kier alpha value is -1.53. The molecule has 2 N–H and O–H groups in total.